The van der Waals surface area contributed by atoms with Gasteiger partial charge in [-0.25, -0.2) is 9.59 Å². The van der Waals surface area contributed by atoms with E-state index in [9.17, 15) is 14.4 Å². The molecule has 0 radical (unpaired) electrons. The summed E-state index contributed by atoms with van der Waals surface area (Å²) in [6, 6.07) is 6.46. The number of esters is 1. The van der Waals surface area contributed by atoms with Crippen LogP contribution in [-0.2, 0) is 16.1 Å². The Morgan fingerprint density at radius 2 is 2.17 bits per heavy atom. The van der Waals surface area contributed by atoms with Crippen LogP contribution in [0.3, 0.4) is 0 Å². The standard InChI is InChI=1S/C18H22N2O4/c1-12-6-3-4-9-18(12)16(22)20(17(23)19-18)11-13-7-5-8-14(10-13)15(21)24-2/h5,7-8,10,12H,3-4,6,9,11H2,1-2H3,(H,19,23)/t12-,18+/m1/s1. The number of carbonyl (C=O) groups is 3. The molecule has 0 bridgehead atoms. The van der Waals surface area contributed by atoms with Crippen molar-refractivity contribution in [2.45, 2.75) is 44.7 Å². The summed E-state index contributed by atoms with van der Waals surface area (Å²) in [5.41, 5.74) is 0.375. The number of imide groups is 1. The maximum absolute atomic E-state index is 12.9. The number of nitrogens with zero attached hydrogens (tertiary/aromatic N) is 1. The number of ether oxygens (including phenoxy) is 1. The van der Waals surface area contributed by atoms with Gasteiger partial charge in [0.25, 0.3) is 5.91 Å². The Morgan fingerprint density at radius 1 is 1.38 bits per heavy atom. The van der Waals surface area contributed by atoms with Gasteiger partial charge in [0, 0.05) is 0 Å². The number of rotatable bonds is 3. The first-order valence-electron chi connectivity index (χ1n) is 8.29. The molecule has 1 aliphatic heterocycles. The Bertz CT molecular complexity index is 687. The maximum Gasteiger partial charge on any atom is 0.337 e. The van der Waals surface area contributed by atoms with Crippen LogP contribution in [0.2, 0.25) is 0 Å². The molecule has 2 aliphatic rings. The summed E-state index contributed by atoms with van der Waals surface area (Å²) in [6.45, 7) is 2.18. The van der Waals surface area contributed by atoms with Gasteiger partial charge in [-0.15, -0.1) is 0 Å². The van der Waals surface area contributed by atoms with E-state index in [1.54, 1.807) is 24.3 Å². The average molecular weight is 330 g/mol. The summed E-state index contributed by atoms with van der Waals surface area (Å²) in [5, 5.41) is 2.93. The molecule has 1 aromatic rings. The summed E-state index contributed by atoms with van der Waals surface area (Å²) in [6.07, 6.45) is 3.67. The molecule has 6 heteroatoms. The molecular weight excluding hydrogens is 308 g/mol. The quantitative estimate of drug-likeness (QED) is 0.682. The molecule has 1 heterocycles. The molecule has 3 amide bonds. The second-order valence-corrected chi connectivity index (χ2v) is 6.63. The fraction of sp³-hybridized carbons (Fsp3) is 0.500. The fourth-order valence-electron chi connectivity index (χ4n) is 3.74. The zero-order valence-electron chi connectivity index (χ0n) is 14.0. The molecule has 0 unspecified atom stereocenters. The van der Waals surface area contributed by atoms with Gasteiger partial charge < -0.3 is 10.1 Å². The van der Waals surface area contributed by atoms with Crippen LogP contribution in [0.1, 0.15) is 48.5 Å². The monoisotopic (exact) mass is 330 g/mol. The molecule has 6 nitrogen and oxygen atoms in total. The van der Waals surface area contributed by atoms with Crippen molar-refractivity contribution in [3.63, 3.8) is 0 Å². The molecule has 2 atom stereocenters. The molecule has 2 fully saturated rings. The Kier molecular flexibility index (Phi) is 4.30. The van der Waals surface area contributed by atoms with Gasteiger partial charge in [0.1, 0.15) is 5.54 Å². The van der Waals surface area contributed by atoms with E-state index in [0.717, 1.165) is 24.8 Å². The van der Waals surface area contributed by atoms with Gasteiger partial charge in [-0.2, -0.15) is 0 Å². The second-order valence-electron chi connectivity index (χ2n) is 6.63. The molecule has 1 spiro atoms. The topological polar surface area (TPSA) is 75.7 Å². The van der Waals surface area contributed by atoms with Gasteiger partial charge in [-0.3, -0.25) is 9.69 Å². The van der Waals surface area contributed by atoms with E-state index in [4.69, 9.17) is 4.74 Å². The third-order valence-corrected chi connectivity index (χ3v) is 5.19. The molecule has 1 saturated carbocycles. The van der Waals surface area contributed by atoms with Crippen LogP contribution < -0.4 is 5.32 Å². The molecule has 24 heavy (non-hydrogen) atoms. The highest BCUT2D eigenvalue weighted by Crippen LogP contribution is 2.38. The third kappa shape index (κ3) is 2.66. The number of urea groups is 1. The highest BCUT2D eigenvalue weighted by atomic mass is 16.5. The lowest BCUT2D eigenvalue weighted by molar-refractivity contribution is -0.134. The van der Waals surface area contributed by atoms with E-state index in [2.05, 4.69) is 5.32 Å². The minimum absolute atomic E-state index is 0.133. The Balaban J connectivity index is 1.82. The van der Waals surface area contributed by atoms with E-state index in [1.807, 2.05) is 6.92 Å². The van der Waals surface area contributed by atoms with Crippen LogP contribution >= 0.6 is 0 Å². The number of hydrogen-bond acceptors (Lipinski definition) is 4. The lowest BCUT2D eigenvalue weighted by Crippen LogP contribution is -2.53. The summed E-state index contributed by atoms with van der Waals surface area (Å²) < 4.78 is 4.71. The Hall–Kier alpha value is -2.37. The number of methoxy groups -OCH3 is 1. The first-order chi connectivity index (χ1) is 11.5. The van der Waals surface area contributed by atoms with Gasteiger partial charge >= 0.3 is 12.0 Å². The van der Waals surface area contributed by atoms with Crippen molar-refractivity contribution in [1.29, 1.82) is 0 Å². The van der Waals surface area contributed by atoms with Gasteiger partial charge in [-0.05, 0) is 36.5 Å². The molecule has 0 aromatic heterocycles. The van der Waals surface area contributed by atoms with Crippen LogP contribution in [0, 0.1) is 5.92 Å². The van der Waals surface area contributed by atoms with Crippen molar-refractivity contribution < 1.29 is 19.1 Å². The highest BCUT2D eigenvalue weighted by molar-refractivity contribution is 6.07. The third-order valence-electron chi connectivity index (χ3n) is 5.19. The molecule has 1 aliphatic carbocycles. The predicted molar refractivity (Wildman–Crippen MR) is 87.2 cm³/mol. The lowest BCUT2D eigenvalue weighted by atomic mass is 9.73. The molecule has 128 valence electrons. The lowest BCUT2D eigenvalue weighted by Gasteiger charge is -2.36. The number of amides is 3. The Morgan fingerprint density at radius 3 is 2.88 bits per heavy atom. The number of nitrogens with one attached hydrogen (secondary N) is 1. The zero-order chi connectivity index (χ0) is 17.3. The highest BCUT2D eigenvalue weighted by Gasteiger charge is 2.54. The van der Waals surface area contributed by atoms with E-state index in [-0.39, 0.29) is 24.4 Å². The fourth-order valence-corrected chi connectivity index (χ4v) is 3.74. The van der Waals surface area contributed by atoms with Crippen molar-refractivity contribution >= 4 is 17.9 Å². The molecule has 3 rings (SSSR count). The van der Waals surface area contributed by atoms with Gasteiger partial charge in [0.05, 0.1) is 19.2 Å². The normalized spacial score (nSPS) is 26.6. The maximum atomic E-state index is 12.9. The van der Waals surface area contributed by atoms with Crippen molar-refractivity contribution in [2.24, 2.45) is 5.92 Å². The number of benzene rings is 1. The average Bonchev–Trinajstić information content (AvgIpc) is 2.82. The number of carbonyl (C=O) groups excluding carboxylic acids is 3. The van der Waals surface area contributed by atoms with Crippen molar-refractivity contribution in [3.8, 4) is 0 Å². The smallest absolute Gasteiger partial charge is 0.337 e. The van der Waals surface area contributed by atoms with E-state index in [1.165, 1.54) is 12.0 Å². The molecular formula is C18H22N2O4. The summed E-state index contributed by atoms with van der Waals surface area (Å²) >= 11 is 0. The van der Waals surface area contributed by atoms with E-state index in [0.29, 0.717) is 12.0 Å². The van der Waals surface area contributed by atoms with Crippen LogP contribution in [0.15, 0.2) is 24.3 Å². The first kappa shape index (κ1) is 16.5. The predicted octanol–water partition coefficient (Wildman–Crippen LogP) is 2.47. The summed E-state index contributed by atoms with van der Waals surface area (Å²) in [4.78, 5) is 38.2. The molecule has 1 saturated heterocycles. The molecule has 1 aromatic carbocycles. The minimum atomic E-state index is -0.755. The van der Waals surface area contributed by atoms with Crippen molar-refractivity contribution in [2.75, 3.05) is 7.11 Å². The zero-order valence-corrected chi connectivity index (χ0v) is 14.0. The summed E-state index contributed by atoms with van der Waals surface area (Å²) in [7, 11) is 1.32. The van der Waals surface area contributed by atoms with E-state index >= 15 is 0 Å². The summed E-state index contributed by atoms with van der Waals surface area (Å²) in [5.74, 6) is -0.455. The second kappa shape index (κ2) is 6.26. The van der Waals surface area contributed by atoms with Crippen molar-refractivity contribution in [1.82, 2.24) is 10.2 Å². The largest absolute Gasteiger partial charge is 0.465 e. The number of hydrogen-bond donors (Lipinski definition) is 1. The SMILES string of the molecule is COC(=O)c1cccc(CN2C(=O)N[C@]3(CCCC[C@H]3C)C2=O)c1. The van der Waals surface area contributed by atoms with Crippen LogP contribution in [0.25, 0.3) is 0 Å². The molecule has 1 N–H and O–H groups in total. The van der Waals surface area contributed by atoms with Gasteiger partial charge in [0.2, 0.25) is 0 Å². The first-order valence-corrected chi connectivity index (χ1v) is 8.29. The van der Waals surface area contributed by atoms with Gasteiger partial charge in [-0.1, -0.05) is 31.9 Å². The Labute approximate surface area is 141 Å². The van der Waals surface area contributed by atoms with Gasteiger partial charge in [0.15, 0.2) is 0 Å². The van der Waals surface area contributed by atoms with Crippen LogP contribution in [0.4, 0.5) is 4.79 Å². The van der Waals surface area contributed by atoms with Crippen LogP contribution in [0.5, 0.6) is 0 Å². The van der Waals surface area contributed by atoms with E-state index < -0.39 is 11.5 Å². The van der Waals surface area contributed by atoms with Crippen molar-refractivity contribution in [3.05, 3.63) is 35.4 Å². The van der Waals surface area contributed by atoms with Crippen LogP contribution in [-0.4, -0.2) is 35.5 Å². The minimum Gasteiger partial charge on any atom is -0.465 e.